The van der Waals surface area contributed by atoms with E-state index >= 15 is 0 Å². The molecule has 4 aromatic rings. The van der Waals surface area contributed by atoms with Crippen LogP contribution in [0.4, 0.5) is 5.82 Å². The maximum atomic E-state index is 12.5. The molecule has 0 fully saturated rings. The van der Waals surface area contributed by atoms with Gasteiger partial charge in [-0.25, -0.2) is 28.9 Å². The van der Waals surface area contributed by atoms with Crippen molar-refractivity contribution in [2.75, 3.05) is 19.1 Å². The van der Waals surface area contributed by atoms with Crippen LogP contribution in [0.25, 0.3) is 22.6 Å². The van der Waals surface area contributed by atoms with Crippen LogP contribution in [0, 0.1) is 0 Å². The molecule has 1 aliphatic rings. The lowest BCUT2D eigenvalue weighted by molar-refractivity contribution is 0.174. The zero-order valence-electron chi connectivity index (χ0n) is 18.8. The zero-order valence-corrected chi connectivity index (χ0v) is 20.4. The first kappa shape index (κ1) is 22.6. The molecule has 13 heteroatoms. The number of benzene rings is 1. The third-order valence-electron chi connectivity index (χ3n) is 4.99. The summed E-state index contributed by atoms with van der Waals surface area (Å²) in [6.07, 6.45) is 4.51. The molecule has 5 rings (SSSR count). The predicted octanol–water partition coefficient (Wildman–Crippen LogP) is 3.00. The molecule has 0 amide bonds. The van der Waals surface area contributed by atoms with Crippen LogP contribution in [0.2, 0.25) is 0 Å². The first-order chi connectivity index (χ1) is 16.3. The fourth-order valence-corrected chi connectivity index (χ4v) is 5.06. The number of hydrogen-bond acceptors (Lipinski definition) is 10. The molecule has 0 aliphatic carbocycles. The second-order valence-electron chi connectivity index (χ2n) is 8.39. The van der Waals surface area contributed by atoms with E-state index in [0.29, 0.717) is 46.8 Å². The molecule has 1 atom stereocenters. The summed E-state index contributed by atoms with van der Waals surface area (Å²) in [7, 11) is -1.20. The van der Waals surface area contributed by atoms with Gasteiger partial charge in [-0.05, 0) is 32.9 Å². The Morgan fingerprint density at radius 3 is 2.74 bits per heavy atom. The minimum Gasteiger partial charge on any atom is -0.454 e. The van der Waals surface area contributed by atoms with E-state index in [4.69, 9.17) is 24.6 Å². The van der Waals surface area contributed by atoms with Crippen LogP contribution in [-0.4, -0.2) is 46.8 Å². The molecule has 0 bridgehead atoms. The topological polar surface area (TPSA) is 143 Å². The van der Waals surface area contributed by atoms with E-state index in [9.17, 15) is 4.21 Å². The van der Waals surface area contributed by atoms with Crippen molar-refractivity contribution >= 4 is 39.7 Å². The van der Waals surface area contributed by atoms with Gasteiger partial charge in [-0.3, -0.25) is 0 Å². The fraction of sp³-hybridized carbons (Fsp3) is 0.333. The predicted molar refractivity (Wildman–Crippen MR) is 128 cm³/mol. The van der Waals surface area contributed by atoms with Crippen LogP contribution in [0.5, 0.6) is 11.5 Å². The van der Waals surface area contributed by atoms with Crippen molar-refractivity contribution in [2.45, 2.75) is 42.1 Å². The fourth-order valence-electron chi connectivity index (χ4n) is 3.31. The first-order valence-electron chi connectivity index (χ1n) is 10.4. The maximum absolute atomic E-state index is 12.5. The van der Waals surface area contributed by atoms with E-state index in [1.807, 2.05) is 37.5 Å². The number of nitrogens with two attached hydrogens (primary N) is 1. The smallest absolute Gasteiger partial charge is 0.231 e. The molecule has 34 heavy (non-hydrogen) atoms. The molecule has 1 aromatic carbocycles. The van der Waals surface area contributed by atoms with Crippen molar-refractivity contribution in [2.24, 2.45) is 0 Å². The summed E-state index contributed by atoms with van der Waals surface area (Å²) in [5.41, 5.74) is 7.92. The quantitative estimate of drug-likeness (QED) is 0.388. The van der Waals surface area contributed by atoms with E-state index in [1.54, 1.807) is 6.20 Å². The van der Waals surface area contributed by atoms with E-state index < -0.39 is 11.0 Å². The van der Waals surface area contributed by atoms with Crippen LogP contribution >= 0.6 is 11.8 Å². The van der Waals surface area contributed by atoms with Crippen LogP contribution in [0.1, 0.15) is 20.8 Å². The Morgan fingerprint density at radius 2 is 2.00 bits per heavy atom. The van der Waals surface area contributed by atoms with Gasteiger partial charge in [0.15, 0.2) is 33.6 Å². The average molecular weight is 502 g/mol. The number of anilines is 1. The van der Waals surface area contributed by atoms with Crippen molar-refractivity contribution in [3.63, 3.8) is 0 Å². The van der Waals surface area contributed by atoms with E-state index in [2.05, 4.69) is 19.7 Å². The van der Waals surface area contributed by atoms with Crippen LogP contribution in [-0.2, 0) is 17.5 Å². The van der Waals surface area contributed by atoms with Gasteiger partial charge < -0.3 is 24.2 Å². The minimum atomic E-state index is -1.20. The second kappa shape index (κ2) is 8.89. The van der Waals surface area contributed by atoms with Gasteiger partial charge in [0.25, 0.3) is 0 Å². The van der Waals surface area contributed by atoms with Gasteiger partial charge in [0.1, 0.15) is 12.6 Å². The van der Waals surface area contributed by atoms with Crippen molar-refractivity contribution in [3.8, 4) is 23.0 Å². The first-order valence-corrected chi connectivity index (χ1v) is 12.4. The highest BCUT2D eigenvalue weighted by atomic mass is 32.2. The molecule has 11 nitrogen and oxygen atoms in total. The van der Waals surface area contributed by atoms with Crippen LogP contribution in [0.15, 0.2) is 45.4 Å². The Morgan fingerprint density at radius 1 is 1.21 bits per heavy atom. The van der Waals surface area contributed by atoms with Gasteiger partial charge in [0.2, 0.25) is 12.7 Å². The Labute approximate surface area is 202 Å². The van der Waals surface area contributed by atoms with Crippen molar-refractivity contribution in [1.82, 2.24) is 29.2 Å². The van der Waals surface area contributed by atoms with Crippen LogP contribution < -0.4 is 19.9 Å². The van der Waals surface area contributed by atoms with Crippen molar-refractivity contribution in [1.29, 1.82) is 0 Å². The van der Waals surface area contributed by atoms with Gasteiger partial charge in [0, 0.05) is 18.0 Å². The molecule has 0 saturated carbocycles. The average Bonchev–Trinajstić information content (AvgIpc) is 3.53. The minimum absolute atomic E-state index is 0.149. The van der Waals surface area contributed by atoms with E-state index in [1.165, 1.54) is 24.4 Å². The molecular weight excluding hydrogens is 478 g/mol. The molecule has 4 heterocycles. The number of nitrogen functional groups attached to an aromatic ring is 1. The number of hydrogen-bond donors (Lipinski definition) is 2. The Hall–Kier alpha value is -3.16. The number of nitrogens with one attached hydrogen (secondary N) is 1. The van der Waals surface area contributed by atoms with Gasteiger partial charge in [0.05, 0.1) is 27.5 Å². The molecule has 0 radical (unpaired) electrons. The number of oxazole rings is 1. The Balaban J connectivity index is 1.53. The summed E-state index contributed by atoms with van der Waals surface area (Å²) < 4.78 is 33.8. The highest BCUT2D eigenvalue weighted by Crippen LogP contribution is 2.44. The molecule has 3 aromatic heterocycles. The third-order valence-corrected chi connectivity index (χ3v) is 7.62. The SMILES string of the molecule is CC(C)(C)S(=O)NCCn1c(Sc2cc3c(cc2-c2ncco2)OCO3)nc2c(N)ncnc21. The molecule has 3 N–H and O–H groups in total. The van der Waals surface area contributed by atoms with Crippen molar-refractivity contribution < 1.29 is 18.1 Å². The van der Waals surface area contributed by atoms with E-state index in [-0.39, 0.29) is 17.4 Å². The largest absolute Gasteiger partial charge is 0.454 e. The monoisotopic (exact) mass is 501 g/mol. The lowest BCUT2D eigenvalue weighted by atomic mass is 10.2. The molecule has 1 aliphatic heterocycles. The molecule has 0 saturated heterocycles. The summed E-state index contributed by atoms with van der Waals surface area (Å²) in [5, 5.41) is 0.636. The number of fused-ring (bicyclic) bond motifs is 2. The van der Waals surface area contributed by atoms with Gasteiger partial charge >= 0.3 is 0 Å². The van der Waals surface area contributed by atoms with Crippen LogP contribution in [0.3, 0.4) is 0 Å². The molecule has 0 spiro atoms. The third kappa shape index (κ3) is 4.33. The second-order valence-corrected chi connectivity index (χ2v) is 11.5. The Kier molecular flexibility index (Phi) is 5.91. The Bertz CT molecular complexity index is 1370. The van der Waals surface area contributed by atoms with Gasteiger partial charge in [-0.15, -0.1) is 0 Å². The summed E-state index contributed by atoms with van der Waals surface area (Å²) in [6, 6.07) is 3.71. The summed E-state index contributed by atoms with van der Waals surface area (Å²) >= 11 is 1.39. The molecular formula is C21H23N7O4S2. The summed E-state index contributed by atoms with van der Waals surface area (Å²) in [6.45, 7) is 6.82. The van der Waals surface area contributed by atoms with Gasteiger partial charge in [-0.2, -0.15) is 0 Å². The van der Waals surface area contributed by atoms with E-state index in [0.717, 1.165) is 10.5 Å². The number of ether oxygens (including phenoxy) is 2. The highest BCUT2D eigenvalue weighted by Gasteiger charge is 2.24. The van der Waals surface area contributed by atoms with Gasteiger partial charge in [-0.1, -0.05) is 11.8 Å². The number of imidazole rings is 1. The molecule has 1 unspecified atom stereocenters. The number of aromatic nitrogens is 5. The van der Waals surface area contributed by atoms with Crippen molar-refractivity contribution in [3.05, 3.63) is 30.9 Å². The number of nitrogens with zero attached hydrogens (tertiary/aromatic N) is 5. The molecule has 178 valence electrons. The normalized spacial score (nSPS) is 14.1. The maximum Gasteiger partial charge on any atom is 0.231 e. The zero-order chi connectivity index (χ0) is 23.9. The standard InChI is InChI=1S/C21H23N7O4S2/c1-21(2,3)34(29)26-4-6-28-18-16(17(22)24-10-25-18)27-20(28)33-15-9-14-13(31-11-32-14)8-12(15)19-23-5-7-30-19/h5,7-10,26H,4,6,11H2,1-3H3,(H2,22,24,25). The summed E-state index contributed by atoms with van der Waals surface area (Å²) in [4.78, 5) is 18.3. The lowest BCUT2D eigenvalue weighted by Gasteiger charge is -2.18. The highest BCUT2D eigenvalue weighted by molar-refractivity contribution is 7.99. The number of rotatable bonds is 7. The lowest BCUT2D eigenvalue weighted by Crippen LogP contribution is -2.35. The summed E-state index contributed by atoms with van der Waals surface area (Å²) in [5.74, 6) is 1.98.